The van der Waals surface area contributed by atoms with Crippen molar-refractivity contribution in [2.75, 3.05) is 0 Å². The first-order valence-electron chi connectivity index (χ1n) is 6.15. The van der Waals surface area contributed by atoms with E-state index in [0.29, 0.717) is 6.54 Å². The Kier molecular flexibility index (Phi) is 4.24. The van der Waals surface area contributed by atoms with Crippen LogP contribution in [0.5, 0.6) is 0 Å². The Labute approximate surface area is 110 Å². The Morgan fingerprint density at radius 2 is 2.32 bits per heavy atom. The molecule has 2 aromatic rings. The van der Waals surface area contributed by atoms with E-state index in [2.05, 4.69) is 26.8 Å². The van der Waals surface area contributed by atoms with E-state index in [1.165, 1.54) is 0 Å². The van der Waals surface area contributed by atoms with Gasteiger partial charge < -0.3 is 4.57 Å². The Hall–Kier alpha value is -2.22. The van der Waals surface area contributed by atoms with Gasteiger partial charge in [0.05, 0.1) is 12.7 Å². The van der Waals surface area contributed by atoms with Gasteiger partial charge in [0.2, 0.25) is 0 Å². The van der Waals surface area contributed by atoms with E-state index in [9.17, 15) is 4.79 Å². The van der Waals surface area contributed by atoms with Gasteiger partial charge in [-0.15, -0.1) is 5.10 Å². The molecule has 0 spiro atoms. The fraction of sp³-hybridized carbons (Fsp3) is 0.455. The number of nitrogens with one attached hydrogen (secondary N) is 1. The minimum atomic E-state index is -0.444. The van der Waals surface area contributed by atoms with Crippen molar-refractivity contribution in [3.05, 3.63) is 30.1 Å². The van der Waals surface area contributed by atoms with E-state index < -0.39 is 5.91 Å². The molecule has 0 aliphatic heterocycles. The van der Waals surface area contributed by atoms with Crippen LogP contribution in [0, 0.1) is 0 Å². The number of rotatable bonds is 6. The molecule has 0 aliphatic rings. The van der Waals surface area contributed by atoms with Crippen molar-refractivity contribution in [2.24, 2.45) is 5.84 Å². The molecule has 0 radical (unpaired) electrons. The lowest BCUT2D eigenvalue weighted by Gasteiger charge is -2.06. The third-order valence-corrected chi connectivity index (χ3v) is 2.75. The topological polar surface area (TPSA) is 104 Å². The Bertz CT molecular complexity index is 545. The van der Waals surface area contributed by atoms with E-state index >= 15 is 0 Å². The number of hydrogen-bond acceptors (Lipinski definition) is 5. The van der Waals surface area contributed by atoms with Gasteiger partial charge in [0.1, 0.15) is 5.82 Å². The van der Waals surface area contributed by atoms with Crippen molar-refractivity contribution in [3.63, 3.8) is 0 Å². The van der Waals surface area contributed by atoms with E-state index in [1.54, 1.807) is 17.1 Å². The number of nitrogen functional groups attached to an aromatic ring is 1. The lowest BCUT2D eigenvalue weighted by Crippen LogP contribution is -2.30. The average molecular weight is 263 g/mol. The van der Waals surface area contributed by atoms with Crippen LogP contribution in [-0.4, -0.2) is 30.5 Å². The van der Waals surface area contributed by atoms with Crippen LogP contribution in [0.3, 0.4) is 0 Å². The molecule has 0 fully saturated rings. The molecule has 0 aliphatic carbocycles. The minimum Gasteiger partial charge on any atom is -0.333 e. The number of amides is 1. The maximum absolute atomic E-state index is 11.2. The first kappa shape index (κ1) is 13.2. The third-order valence-electron chi connectivity index (χ3n) is 2.75. The molecule has 0 bridgehead atoms. The molecule has 0 saturated heterocycles. The molecule has 0 unspecified atom stereocenters. The third kappa shape index (κ3) is 3.16. The van der Waals surface area contributed by atoms with Gasteiger partial charge in [-0.3, -0.25) is 10.2 Å². The van der Waals surface area contributed by atoms with Gasteiger partial charge in [0.25, 0.3) is 5.91 Å². The molecule has 102 valence electrons. The zero-order valence-corrected chi connectivity index (χ0v) is 10.8. The second kappa shape index (κ2) is 6.10. The first-order valence-corrected chi connectivity index (χ1v) is 6.15. The highest BCUT2D eigenvalue weighted by atomic mass is 16.2. The van der Waals surface area contributed by atoms with Crippen LogP contribution in [0.4, 0.5) is 0 Å². The second-order valence-corrected chi connectivity index (χ2v) is 4.13. The fourth-order valence-corrected chi connectivity index (χ4v) is 1.79. The van der Waals surface area contributed by atoms with Crippen LogP contribution >= 0.6 is 0 Å². The van der Waals surface area contributed by atoms with Gasteiger partial charge in [-0.1, -0.05) is 12.1 Å². The molecular formula is C11H17N7O. The highest BCUT2D eigenvalue weighted by Crippen LogP contribution is 2.02. The molecule has 2 heterocycles. The normalized spacial score (nSPS) is 10.6. The van der Waals surface area contributed by atoms with E-state index in [4.69, 9.17) is 5.84 Å². The Morgan fingerprint density at radius 3 is 3.05 bits per heavy atom. The van der Waals surface area contributed by atoms with Gasteiger partial charge in [0, 0.05) is 25.4 Å². The fourth-order valence-electron chi connectivity index (χ4n) is 1.79. The summed E-state index contributed by atoms with van der Waals surface area (Å²) in [5.74, 6) is 5.64. The zero-order valence-electron chi connectivity index (χ0n) is 10.8. The summed E-state index contributed by atoms with van der Waals surface area (Å²) in [6, 6.07) is 0. The summed E-state index contributed by atoms with van der Waals surface area (Å²) >= 11 is 0. The molecule has 19 heavy (non-hydrogen) atoms. The summed E-state index contributed by atoms with van der Waals surface area (Å²) in [5, 5.41) is 7.62. The summed E-state index contributed by atoms with van der Waals surface area (Å²) < 4.78 is 3.69. The number of nitrogens with zero attached hydrogens (tertiary/aromatic N) is 5. The molecule has 8 heteroatoms. The van der Waals surface area contributed by atoms with Gasteiger partial charge in [0.15, 0.2) is 5.69 Å². The average Bonchev–Trinajstić information content (AvgIpc) is 3.05. The van der Waals surface area contributed by atoms with Crippen molar-refractivity contribution in [1.29, 1.82) is 0 Å². The maximum atomic E-state index is 11.2. The van der Waals surface area contributed by atoms with Gasteiger partial charge in [-0.25, -0.2) is 15.5 Å². The quantitative estimate of drug-likeness (QED) is 0.424. The number of imidazole rings is 1. The van der Waals surface area contributed by atoms with Gasteiger partial charge >= 0.3 is 0 Å². The Morgan fingerprint density at radius 1 is 1.47 bits per heavy atom. The molecule has 2 rings (SSSR count). The van der Waals surface area contributed by atoms with Gasteiger partial charge in [-0.05, 0) is 6.42 Å². The standard InChI is InChI=1S/C11H17N7O/c1-2-3-10-13-4-5-17(10)6-7-18-8-9(15-16-18)11(19)14-12/h4-5,8H,2-3,6-7,12H2,1H3,(H,14,19). The maximum Gasteiger partial charge on any atom is 0.287 e. The van der Waals surface area contributed by atoms with Crippen molar-refractivity contribution < 1.29 is 4.79 Å². The van der Waals surface area contributed by atoms with Crippen LogP contribution in [-0.2, 0) is 19.5 Å². The lowest BCUT2D eigenvalue weighted by atomic mass is 10.3. The number of aromatic nitrogens is 5. The minimum absolute atomic E-state index is 0.210. The lowest BCUT2D eigenvalue weighted by molar-refractivity contribution is 0.0948. The van der Waals surface area contributed by atoms with Crippen molar-refractivity contribution in [1.82, 2.24) is 30.0 Å². The van der Waals surface area contributed by atoms with Crippen molar-refractivity contribution >= 4 is 5.91 Å². The number of hydrogen-bond donors (Lipinski definition) is 2. The predicted octanol–water partition coefficient (Wildman–Crippen LogP) is -0.269. The number of nitrogens with two attached hydrogens (primary N) is 1. The van der Waals surface area contributed by atoms with Crippen molar-refractivity contribution in [3.8, 4) is 0 Å². The van der Waals surface area contributed by atoms with E-state index in [1.807, 2.05) is 11.6 Å². The zero-order chi connectivity index (χ0) is 13.7. The molecule has 0 atom stereocenters. The number of carbonyl (C=O) groups excluding carboxylic acids is 1. The van der Waals surface area contributed by atoms with Crippen LogP contribution in [0.1, 0.15) is 29.7 Å². The van der Waals surface area contributed by atoms with Crippen LogP contribution in [0.2, 0.25) is 0 Å². The number of carbonyl (C=O) groups is 1. The SMILES string of the molecule is CCCc1nccn1CCn1cc(C(=O)NN)nn1. The molecule has 1 amide bonds. The first-order chi connectivity index (χ1) is 9.24. The summed E-state index contributed by atoms with van der Waals surface area (Å²) in [5.41, 5.74) is 2.23. The van der Waals surface area contributed by atoms with E-state index in [0.717, 1.165) is 25.2 Å². The predicted molar refractivity (Wildman–Crippen MR) is 67.9 cm³/mol. The second-order valence-electron chi connectivity index (χ2n) is 4.13. The summed E-state index contributed by atoms with van der Waals surface area (Å²) in [6.07, 6.45) is 7.31. The molecular weight excluding hydrogens is 246 g/mol. The van der Waals surface area contributed by atoms with Crippen LogP contribution in [0.15, 0.2) is 18.6 Å². The number of aryl methyl sites for hydroxylation is 3. The molecule has 3 N–H and O–H groups in total. The van der Waals surface area contributed by atoms with Gasteiger partial charge in [-0.2, -0.15) is 0 Å². The summed E-state index contributed by atoms with van der Waals surface area (Å²) in [7, 11) is 0. The largest absolute Gasteiger partial charge is 0.333 e. The highest BCUT2D eigenvalue weighted by Gasteiger charge is 2.09. The van der Waals surface area contributed by atoms with Crippen LogP contribution in [0.25, 0.3) is 0 Å². The molecule has 0 aromatic carbocycles. The molecule has 2 aromatic heterocycles. The summed E-state index contributed by atoms with van der Waals surface area (Å²) in [6.45, 7) is 3.48. The monoisotopic (exact) mass is 263 g/mol. The van der Waals surface area contributed by atoms with Crippen LogP contribution < -0.4 is 11.3 Å². The molecule has 0 saturated carbocycles. The highest BCUT2D eigenvalue weighted by molar-refractivity contribution is 5.91. The Balaban J connectivity index is 1.96. The smallest absolute Gasteiger partial charge is 0.287 e. The van der Waals surface area contributed by atoms with Crippen molar-refractivity contribution in [2.45, 2.75) is 32.9 Å². The van der Waals surface area contributed by atoms with E-state index in [-0.39, 0.29) is 5.69 Å². The summed E-state index contributed by atoms with van der Waals surface area (Å²) in [4.78, 5) is 15.5. The molecule has 8 nitrogen and oxygen atoms in total. The number of hydrazine groups is 1.